The molecule has 6 heteroatoms. The highest BCUT2D eigenvalue weighted by Gasteiger charge is 2.30. The molecule has 2 heterocycles. The molecule has 1 saturated carbocycles. The first-order valence-electron chi connectivity index (χ1n) is 7.19. The minimum Gasteiger partial charge on any atom is -0.396 e. The highest BCUT2D eigenvalue weighted by Crippen LogP contribution is 2.29. The van der Waals surface area contributed by atoms with Crippen LogP contribution in [0.5, 0.6) is 0 Å². The van der Waals surface area contributed by atoms with Crippen LogP contribution >= 0.6 is 22.7 Å². The molecule has 0 radical (unpaired) electrons. The van der Waals surface area contributed by atoms with E-state index >= 15 is 0 Å². The maximum atomic E-state index is 12.7. The number of hydrogen-bond acceptors (Lipinski definition) is 5. The minimum absolute atomic E-state index is 0.00544. The van der Waals surface area contributed by atoms with Crippen LogP contribution in [0.3, 0.4) is 0 Å². The Morgan fingerprint density at radius 2 is 2.29 bits per heavy atom. The Morgan fingerprint density at radius 1 is 1.43 bits per heavy atom. The van der Waals surface area contributed by atoms with Crippen LogP contribution in [0.15, 0.2) is 22.2 Å². The van der Waals surface area contributed by atoms with Gasteiger partial charge in [-0.1, -0.05) is 0 Å². The fourth-order valence-corrected chi connectivity index (χ4v) is 3.93. The summed E-state index contributed by atoms with van der Waals surface area (Å²) < 4.78 is 0. The summed E-state index contributed by atoms with van der Waals surface area (Å²) in [7, 11) is 0. The molecule has 0 spiro atoms. The van der Waals surface area contributed by atoms with E-state index in [1.807, 2.05) is 27.1 Å². The first-order chi connectivity index (χ1) is 10.3. The van der Waals surface area contributed by atoms with Gasteiger partial charge in [0.05, 0.1) is 0 Å². The molecule has 1 amide bonds. The standard InChI is InChI=1S/C15H18N2O2S2/c18-7-2-6-17(12-3-1-4-12)15(19)13-10-21-14(16-13)11-5-8-20-9-11/h5,8-10,12,18H,1-4,6-7H2. The lowest BCUT2D eigenvalue weighted by molar-refractivity contribution is 0.0557. The summed E-state index contributed by atoms with van der Waals surface area (Å²) in [5.74, 6) is 0.00544. The Balaban J connectivity index is 1.76. The molecule has 2 aromatic rings. The molecule has 0 aromatic carbocycles. The van der Waals surface area contributed by atoms with Gasteiger partial charge in [0.15, 0.2) is 0 Å². The van der Waals surface area contributed by atoms with Gasteiger partial charge >= 0.3 is 0 Å². The van der Waals surface area contributed by atoms with E-state index in [1.165, 1.54) is 17.8 Å². The number of carbonyl (C=O) groups is 1. The Morgan fingerprint density at radius 3 is 2.90 bits per heavy atom. The predicted molar refractivity (Wildman–Crippen MR) is 85.8 cm³/mol. The van der Waals surface area contributed by atoms with Gasteiger partial charge in [0.1, 0.15) is 10.7 Å². The number of carbonyl (C=O) groups excluding carboxylic acids is 1. The molecule has 2 aromatic heterocycles. The summed E-state index contributed by atoms with van der Waals surface area (Å²) in [6.07, 6.45) is 3.95. The third-order valence-corrected chi connectivity index (χ3v) is 5.40. The lowest BCUT2D eigenvalue weighted by Crippen LogP contribution is -2.45. The fourth-order valence-electron chi connectivity index (χ4n) is 2.43. The van der Waals surface area contributed by atoms with E-state index in [-0.39, 0.29) is 12.5 Å². The van der Waals surface area contributed by atoms with Crippen molar-refractivity contribution in [2.45, 2.75) is 31.7 Å². The van der Waals surface area contributed by atoms with E-state index in [9.17, 15) is 4.79 Å². The van der Waals surface area contributed by atoms with Gasteiger partial charge in [-0.15, -0.1) is 11.3 Å². The van der Waals surface area contributed by atoms with Crippen LogP contribution in [0.4, 0.5) is 0 Å². The van der Waals surface area contributed by atoms with Gasteiger partial charge in [-0.05, 0) is 37.1 Å². The maximum Gasteiger partial charge on any atom is 0.273 e. The monoisotopic (exact) mass is 322 g/mol. The number of aliphatic hydroxyl groups excluding tert-OH is 1. The van der Waals surface area contributed by atoms with E-state index in [1.54, 1.807) is 11.3 Å². The normalized spacial score (nSPS) is 14.9. The number of amides is 1. The summed E-state index contributed by atoms with van der Waals surface area (Å²) in [5, 5.41) is 15.8. The summed E-state index contributed by atoms with van der Waals surface area (Å²) in [6.45, 7) is 0.735. The molecule has 1 aliphatic carbocycles. The zero-order chi connectivity index (χ0) is 14.7. The lowest BCUT2D eigenvalue weighted by Gasteiger charge is -2.37. The first-order valence-corrected chi connectivity index (χ1v) is 9.02. The molecule has 3 rings (SSSR count). The third-order valence-electron chi connectivity index (χ3n) is 3.82. The predicted octanol–water partition coefficient (Wildman–Crippen LogP) is 3.25. The second-order valence-electron chi connectivity index (χ2n) is 5.21. The molecular formula is C15H18N2O2S2. The molecule has 4 nitrogen and oxygen atoms in total. The second kappa shape index (κ2) is 6.68. The van der Waals surface area contributed by atoms with Gasteiger partial charge in [0.2, 0.25) is 0 Å². The van der Waals surface area contributed by atoms with Crippen molar-refractivity contribution in [2.75, 3.05) is 13.2 Å². The van der Waals surface area contributed by atoms with Gasteiger partial charge in [0, 0.05) is 35.5 Å². The SMILES string of the molecule is O=C(c1csc(-c2ccsc2)n1)N(CCCO)C1CCC1. The van der Waals surface area contributed by atoms with Crippen molar-refractivity contribution in [1.29, 1.82) is 0 Å². The molecule has 0 saturated heterocycles. The highest BCUT2D eigenvalue weighted by molar-refractivity contribution is 7.14. The molecule has 0 aliphatic heterocycles. The van der Waals surface area contributed by atoms with E-state index in [2.05, 4.69) is 4.98 Å². The van der Waals surface area contributed by atoms with Gasteiger partial charge < -0.3 is 10.0 Å². The van der Waals surface area contributed by atoms with Crippen LogP contribution in [0.2, 0.25) is 0 Å². The van der Waals surface area contributed by atoms with Crippen LogP contribution in [-0.4, -0.2) is 40.1 Å². The molecule has 1 fully saturated rings. The smallest absolute Gasteiger partial charge is 0.273 e. The summed E-state index contributed by atoms with van der Waals surface area (Å²) in [6, 6.07) is 2.35. The molecule has 0 atom stereocenters. The average Bonchev–Trinajstić information content (AvgIpc) is 3.09. The van der Waals surface area contributed by atoms with Crippen LogP contribution in [-0.2, 0) is 0 Å². The van der Waals surface area contributed by atoms with Gasteiger partial charge in [-0.25, -0.2) is 4.98 Å². The Hall–Kier alpha value is -1.24. The Labute approximate surface area is 132 Å². The van der Waals surface area contributed by atoms with Gasteiger partial charge in [-0.2, -0.15) is 11.3 Å². The van der Waals surface area contributed by atoms with Crippen molar-refractivity contribution < 1.29 is 9.90 Å². The molecule has 1 aliphatic rings. The Bertz CT molecular complexity index is 591. The van der Waals surface area contributed by atoms with Crippen molar-refractivity contribution in [1.82, 2.24) is 9.88 Å². The summed E-state index contributed by atoms with van der Waals surface area (Å²) >= 11 is 3.14. The molecule has 21 heavy (non-hydrogen) atoms. The lowest BCUT2D eigenvalue weighted by atomic mass is 9.91. The molecular weight excluding hydrogens is 304 g/mol. The quantitative estimate of drug-likeness (QED) is 0.888. The maximum absolute atomic E-state index is 12.7. The van der Waals surface area contributed by atoms with E-state index < -0.39 is 0 Å². The van der Waals surface area contributed by atoms with Crippen molar-refractivity contribution in [3.63, 3.8) is 0 Å². The average molecular weight is 322 g/mol. The van der Waals surface area contributed by atoms with Gasteiger partial charge in [0.25, 0.3) is 5.91 Å². The van der Waals surface area contributed by atoms with Crippen LogP contribution in [0.1, 0.15) is 36.2 Å². The number of thiazole rings is 1. The van der Waals surface area contributed by atoms with E-state index in [0.29, 0.717) is 24.7 Å². The van der Waals surface area contributed by atoms with Crippen LogP contribution < -0.4 is 0 Å². The number of hydrogen-bond donors (Lipinski definition) is 1. The first kappa shape index (κ1) is 14.7. The molecule has 1 N–H and O–H groups in total. The van der Waals surface area contributed by atoms with Crippen molar-refractivity contribution in [3.8, 4) is 10.6 Å². The second-order valence-corrected chi connectivity index (χ2v) is 6.85. The van der Waals surface area contributed by atoms with Crippen LogP contribution in [0, 0.1) is 0 Å². The van der Waals surface area contributed by atoms with E-state index in [4.69, 9.17) is 5.11 Å². The number of thiophene rings is 1. The largest absolute Gasteiger partial charge is 0.396 e. The zero-order valence-electron chi connectivity index (χ0n) is 11.7. The third kappa shape index (κ3) is 3.17. The number of aromatic nitrogens is 1. The van der Waals surface area contributed by atoms with Crippen molar-refractivity contribution in [3.05, 3.63) is 27.9 Å². The number of rotatable bonds is 6. The number of aliphatic hydroxyl groups is 1. The fraction of sp³-hybridized carbons (Fsp3) is 0.467. The topological polar surface area (TPSA) is 53.4 Å². The molecule has 0 bridgehead atoms. The van der Waals surface area contributed by atoms with Crippen LogP contribution in [0.25, 0.3) is 10.6 Å². The zero-order valence-corrected chi connectivity index (χ0v) is 13.3. The van der Waals surface area contributed by atoms with Crippen molar-refractivity contribution in [2.24, 2.45) is 0 Å². The van der Waals surface area contributed by atoms with Gasteiger partial charge in [-0.3, -0.25) is 4.79 Å². The van der Waals surface area contributed by atoms with E-state index in [0.717, 1.165) is 23.4 Å². The Kier molecular flexibility index (Phi) is 4.67. The summed E-state index contributed by atoms with van der Waals surface area (Å²) in [4.78, 5) is 19.0. The molecule has 0 unspecified atom stereocenters. The highest BCUT2D eigenvalue weighted by atomic mass is 32.1. The molecule has 112 valence electrons. The van der Waals surface area contributed by atoms with Crippen molar-refractivity contribution >= 4 is 28.6 Å². The number of nitrogens with zero attached hydrogens (tertiary/aromatic N) is 2. The minimum atomic E-state index is 0.00544. The summed E-state index contributed by atoms with van der Waals surface area (Å²) in [5.41, 5.74) is 1.61.